The molecule has 9 heteroatoms. The SMILES string of the molecule is CNC(=O)c1cc(N(C)S(=O)(=O)CCc2c(F)cccc2F)ccn1. The maximum absolute atomic E-state index is 13.6. The molecule has 0 spiro atoms. The standard InChI is InChI=1S/C16H17F2N3O3S/c1-19-16(22)15-10-11(6-8-20-15)21(2)25(23,24)9-7-12-13(17)4-3-5-14(12)18/h3-6,8,10H,7,9H2,1-2H3,(H,19,22). The predicted molar refractivity (Wildman–Crippen MR) is 89.9 cm³/mol. The number of sulfonamides is 1. The van der Waals surface area contributed by atoms with Gasteiger partial charge in [-0.3, -0.25) is 14.1 Å². The monoisotopic (exact) mass is 369 g/mol. The molecule has 0 aliphatic carbocycles. The molecule has 0 radical (unpaired) electrons. The molecular weight excluding hydrogens is 352 g/mol. The summed E-state index contributed by atoms with van der Waals surface area (Å²) in [6.45, 7) is 0. The smallest absolute Gasteiger partial charge is 0.269 e. The van der Waals surface area contributed by atoms with Gasteiger partial charge in [0.1, 0.15) is 17.3 Å². The molecule has 1 aromatic carbocycles. The molecule has 134 valence electrons. The maximum Gasteiger partial charge on any atom is 0.269 e. The molecule has 2 aromatic rings. The summed E-state index contributed by atoms with van der Waals surface area (Å²) in [5, 5.41) is 2.39. The van der Waals surface area contributed by atoms with Crippen LogP contribution in [0.1, 0.15) is 16.1 Å². The lowest BCUT2D eigenvalue weighted by molar-refractivity contribution is 0.0958. The number of anilines is 1. The molecule has 1 N–H and O–H groups in total. The Bertz CT molecular complexity index is 868. The minimum absolute atomic E-state index is 0.0576. The van der Waals surface area contributed by atoms with Crippen molar-refractivity contribution in [3.05, 3.63) is 59.4 Å². The Balaban J connectivity index is 2.20. The van der Waals surface area contributed by atoms with Crippen molar-refractivity contribution in [1.82, 2.24) is 10.3 Å². The Morgan fingerprint density at radius 1 is 1.24 bits per heavy atom. The summed E-state index contributed by atoms with van der Waals surface area (Å²) in [6.07, 6.45) is 1.00. The lowest BCUT2D eigenvalue weighted by atomic mass is 10.1. The quantitative estimate of drug-likeness (QED) is 0.841. The zero-order chi connectivity index (χ0) is 18.6. The van der Waals surface area contributed by atoms with E-state index in [-0.39, 0.29) is 23.4 Å². The molecule has 6 nitrogen and oxygen atoms in total. The predicted octanol–water partition coefficient (Wildman–Crippen LogP) is 1.73. The summed E-state index contributed by atoms with van der Waals surface area (Å²) in [5.41, 5.74) is 0.00468. The van der Waals surface area contributed by atoms with Gasteiger partial charge in [-0.05, 0) is 30.7 Å². The zero-order valence-corrected chi connectivity index (χ0v) is 14.5. The molecule has 0 saturated heterocycles. The molecule has 1 heterocycles. The van der Waals surface area contributed by atoms with Crippen LogP contribution >= 0.6 is 0 Å². The Morgan fingerprint density at radius 3 is 2.48 bits per heavy atom. The lowest BCUT2D eigenvalue weighted by Crippen LogP contribution is -2.30. The molecule has 1 aromatic heterocycles. The summed E-state index contributed by atoms with van der Waals surface area (Å²) in [4.78, 5) is 15.5. The Kier molecular flexibility index (Phi) is 5.68. The van der Waals surface area contributed by atoms with Crippen molar-refractivity contribution >= 4 is 21.6 Å². The fraction of sp³-hybridized carbons (Fsp3) is 0.250. The van der Waals surface area contributed by atoms with Gasteiger partial charge in [-0.2, -0.15) is 0 Å². The number of hydrogen-bond donors (Lipinski definition) is 1. The third-order valence-electron chi connectivity index (χ3n) is 3.66. The fourth-order valence-corrected chi connectivity index (χ4v) is 3.34. The van der Waals surface area contributed by atoms with Crippen molar-refractivity contribution in [1.29, 1.82) is 0 Å². The molecule has 25 heavy (non-hydrogen) atoms. The van der Waals surface area contributed by atoms with Gasteiger partial charge in [0.15, 0.2) is 0 Å². The third kappa shape index (κ3) is 4.30. The van der Waals surface area contributed by atoms with Gasteiger partial charge < -0.3 is 5.32 Å². The van der Waals surface area contributed by atoms with Crippen molar-refractivity contribution in [2.75, 3.05) is 24.2 Å². The second-order valence-electron chi connectivity index (χ2n) is 5.21. The average molecular weight is 369 g/mol. The summed E-state index contributed by atoms with van der Waals surface area (Å²) in [5.74, 6) is -2.52. The van der Waals surface area contributed by atoms with Crippen LogP contribution in [0.4, 0.5) is 14.5 Å². The van der Waals surface area contributed by atoms with Crippen molar-refractivity contribution in [3.63, 3.8) is 0 Å². The van der Waals surface area contributed by atoms with Crippen LogP contribution in [-0.2, 0) is 16.4 Å². The highest BCUT2D eigenvalue weighted by Crippen LogP contribution is 2.19. The minimum Gasteiger partial charge on any atom is -0.354 e. The number of amides is 1. The second-order valence-corrected chi connectivity index (χ2v) is 7.33. The van der Waals surface area contributed by atoms with Crippen LogP contribution in [0.3, 0.4) is 0 Å². The van der Waals surface area contributed by atoms with E-state index >= 15 is 0 Å². The normalized spacial score (nSPS) is 11.2. The topological polar surface area (TPSA) is 79.4 Å². The molecule has 0 aliphatic heterocycles. The highest BCUT2D eigenvalue weighted by atomic mass is 32.2. The molecule has 0 bridgehead atoms. The highest BCUT2D eigenvalue weighted by molar-refractivity contribution is 7.92. The van der Waals surface area contributed by atoms with Crippen LogP contribution in [0.2, 0.25) is 0 Å². The maximum atomic E-state index is 13.6. The summed E-state index contributed by atoms with van der Waals surface area (Å²) in [6, 6.07) is 6.11. The first-order valence-electron chi connectivity index (χ1n) is 7.34. The number of pyridine rings is 1. The molecule has 0 fully saturated rings. The molecule has 0 aliphatic rings. The van der Waals surface area contributed by atoms with Crippen LogP contribution in [0.5, 0.6) is 0 Å². The van der Waals surface area contributed by atoms with E-state index in [2.05, 4.69) is 10.3 Å². The van der Waals surface area contributed by atoms with E-state index in [0.29, 0.717) is 0 Å². The van der Waals surface area contributed by atoms with Crippen LogP contribution < -0.4 is 9.62 Å². The van der Waals surface area contributed by atoms with Gasteiger partial charge in [-0.25, -0.2) is 17.2 Å². The number of nitrogens with zero attached hydrogens (tertiary/aromatic N) is 2. The number of nitrogens with one attached hydrogen (secondary N) is 1. The fourth-order valence-electron chi connectivity index (χ4n) is 2.17. The Labute approximate surface area is 144 Å². The molecule has 0 saturated carbocycles. The highest BCUT2D eigenvalue weighted by Gasteiger charge is 2.21. The van der Waals surface area contributed by atoms with Gasteiger partial charge in [-0.15, -0.1) is 0 Å². The Morgan fingerprint density at radius 2 is 1.88 bits per heavy atom. The van der Waals surface area contributed by atoms with E-state index < -0.39 is 33.3 Å². The summed E-state index contributed by atoms with van der Waals surface area (Å²) in [7, 11) is -1.12. The third-order valence-corrected chi connectivity index (χ3v) is 5.42. The summed E-state index contributed by atoms with van der Waals surface area (Å²) < 4.78 is 53.1. The van der Waals surface area contributed by atoms with Crippen molar-refractivity contribution in [2.24, 2.45) is 0 Å². The molecule has 0 atom stereocenters. The number of carbonyl (C=O) groups is 1. The number of benzene rings is 1. The first-order valence-corrected chi connectivity index (χ1v) is 8.95. The van der Waals surface area contributed by atoms with Crippen LogP contribution in [-0.4, -0.2) is 39.2 Å². The van der Waals surface area contributed by atoms with E-state index in [1.165, 1.54) is 38.5 Å². The number of hydrogen-bond acceptors (Lipinski definition) is 4. The largest absolute Gasteiger partial charge is 0.354 e. The second kappa shape index (κ2) is 7.56. The molecule has 2 rings (SSSR count). The van der Waals surface area contributed by atoms with Gasteiger partial charge in [-0.1, -0.05) is 6.07 Å². The van der Waals surface area contributed by atoms with Gasteiger partial charge in [0.2, 0.25) is 10.0 Å². The van der Waals surface area contributed by atoms with Gasteiger partial charge in [0.25, 0.3) is 5.91 Å². The number of halogens is 2. The van der Waals surface area contributed by atoms with Gasteiger partial charge in [0.05, 0.1) is 11.4 Å². The first-order chi connectivity index (χ1) is 11.8. The number of aromatic nitrogens is 1. The molecular formula is C16H17F2N3O3S. The lowest BCUT2D eigenvalue weighted by Gasteiger charge is -2.20. The van der Waals surface area contributed by atoms with Gasteiger partial charge >= 0.3 is 0 Å². The van der Waals surface area contributed by atoms with Crippen molar-refractivity contribution in [3.8, 4) is 0 Å². The van der Waals surface area contributed by atoms with E-state index in [4.69, 9.17) is 0 Å². The minimum atomic E-state index is -3.85. The number of rotatable bonds is 6. The first kappa shape index (κ1) is 18.8. The molecule has 1 amide bonds. The van der Waals surface area contributed by atoms with Crippen LogP contribution in [0.15, 0.2) is 36.5 Å². The van der Waals surface area contributed by atoms with E-state index in [1.54, 1.807) is 0 Å². The zero-order valence-electron chi connectivity index (χ0n) is 13.7. The van der Waals surface area contributed by atoms with E-state index in [0.717, 1.165) is 16.4 Å². The van der Waals surface area contributed by atoms with Gasteiger partial charge in [0, 0.05) is 25.9 Å². The van der Waals surface area contributed by atoms with Crippen molar-refractivity contribution in [2.45, 2.75) is 6.42 Å². The summed E-state index contributed by atoms with van der Waals surface area (Å²) >= 11 is 0. The van der Waals surface area contributed by atoms with Crippen molar-refractivity contribution < 1.29 is 22.0 Å². The van der Waals surface area contributed by atoms with E-state index in [9.17, 15) is 22.0 Å². The van der Waals surface area contributed by atoms with E-state index in [1.807, 2.05) is 0 Å². The van der Waals surface area contributed by atoms with Crippen LogP contribution in [0.25, 0.3) is 0 Å². The molecule has 0 unspecified atom stereocenters. The Hall–Kier alpha value is -2.55. The number of carbonyl (C=O) groups excluding carboxylic acids is 1. The average Bonchev–Trinajstić information content (AvgIpc) is 2.60. The van der Waals surface area contributed by atoms with Crippen LogP contribution in [0, 0.1) is 11.6 Å².